The molecule has 0 nitrogen and oxygen atoms in total. The Kier molecular flexibility index (Phi) is 2.56. The first-order valence-corrected chi connectivity index (χ1v) is 5.69. The van der Waals surface area contributed by atoms with E-state index >= 15 is 0 Å². The average molecular weight is 240 g/mol. The molecule has 18 heavy (non-hydrogen) atoms. The molecule has 0 aliphatic rings. The van der Waals surface area contributed by atoms with Crippen LogP contribution in [0.4, 0.5) is 8.78 Å². The van der Waals surface area contributed by atoms with Crippen LogP contribution in [0.15, 0.2) is 60.7 Å². The monoisotopic (exact) mass is 240 g/mol. The molecule has 0 saturated heterocycles. The van der Waals surface area contributed by atoms with E-state index in [1.807, 2.05) is 24.3 Å². The molecule has 0 N–H and O–H groups in total. The second kappa shape index (κ2) is 4.22. The van der Waals surface area contributed by atoms with E-state index in [1.165, 1.54) is 18.2 Å². The number of benzene rings is 3. The molecule has 0 heterocycles. The maximum absolute atomic E-state index is 13.9. The van der Waals surface area contributed by atoms with Crippen LogP contribution >= 0.6 is 0 Å². The molecule has 2 heteroatoms. The van der Waals surface area contributed by atoms with Gasteiger partial charge in [-0.2, -0.15) is 0 Å². The van der Waals surface area contributed by atoms with Crippen molar-refractivity contribution in [3.63, 3.8) is 0 Å². The summed E-state index contributed by atoms with van der Waals surface area (Å²) in [5.41, 5.74) is 1.60. The van der Waals surface area contributed by atoms with E-state index in [-0.39, 0.29) is 11.6 Å². The molecule has 0 amide bonds. The molecule has 0 saturated carbocycles. The van der Waals surface area contributed by atoms with Crippen LogP contribution < -0.4 is 0 Å². The highest BCUT2D eigenvalue weighted by Gasteiger charge is 2.07. The van der Waals surface area contributed by atoms with Gasteiger partial charge in [-0.1, -0.05) is 42.5 Å². The van der Waals surface area contributed by atoms with E-state index in [1.54, 1.807) is 18.2 Å². The molecule has 0 fully saturated rings. The number of hydrogen-bond donors (Lipinski definition) is 0. The minimum atomic E-state index is -0.292. The van der Waals surface area contributed by atoms with Crippen molar-refractivity contribution in [2.45, 2.75) is 0 Å². The zero-order valence-electron chi connectivity index (χ0n) is 9.53. The minimum absolute atomic E-state index is 0.257. The van der Waals surface area contributed by atoms with Crippen LogP contribution in [0.5, 0.6) is 0 Å². The van der Waals surface area contributed by atoms with Crippen molar-refractivity contribution < 1.29 is 8.78 Å². The predicted octanol–water partition coefficient (Wildman–Crippen LogP) is 4.79. The van der Waals surface area contributed by atoms with Crippen molar-refractivity contribution in [1.82, 2.24) is 0 Å². The normalized spacial score (nSPS) is 10.8. The minimum Gasteiger partial charge on any atom is -0.207 e. The Hall–Kier alpha value is -2.22. The number of halogens is 2. The summed E-state index contributed by atoms with van der Waals surface area (Å²) < 4.78 is 26.9. The summed E-state index contributed by atoms with van der Waals surface area (Å²) in [6, 6.07) is 16.7. The Bertz CT molecular complexity index is 695. The van der Waals surface area contributed by atoms with Crippen LogP contribution in [0.25, 0.3) is 21.9 Å². The van der Waals surface area contributed by atoms with Gasteiger partial charge in [0.05, 0.1) is 0 Å². The van der Waals surface area contributed by atoms with Crippen molar-refractivity contribution in [1.29, 1.82) is 0 Å². The Labute approximate surface area is 104 Å². The van der Waals surface area contributed by atoms with Crippen molar-refractivity contribution >= 4 is 10.8 Å². The van der Waals surface area contributed by atoms with Crippen molar-refractivity contribution in [3.05, 3.63) is 72.3 Å². The first-order chi connectivity index (χ1) is 8.75. The number of fused-ring (bicyclic) bond motifs is 1. The van der Waals surface area contributed by atoms with Gasteiger partial charge in [-0.3, -0.25) is 0 Å². The third-order valence-electron chi connectivity index (χ3n) is 3.01. The van der Waals surface area contributed by atoms with E-state index < -0.39 is 0 Å². The summed E-state index contributed by atoms with van der Waals surface area (Å²) >= 11 is 0. The van der Waals surface area contributed by atoms with Gasteiger partial charge in [0.1, 0.15) is 11.6 Å². The van der Waals surface area contributed by atoms with Gasteiger partial charge < -0.3 is 0 Å². The Balaban J connectivity index is 2.32. The van der Waals surface area contributed by atoms with Gasteiger partial charge in [0, 0.05) is 5.39 Å². The maximum atomic E-state index is 13.9. The highest BCUT2D eigenvalue weighted by atomic mass is 19.1. The van der Waals surface area contributed by atoms with Crippen LogP contribution in [-0.4, -0.2) is 0 Å². The van der Waals surface area contributed by atoms with Crippen molar-refractivity contribution in [2.75, 3.05) is 0 Å². The molecular formula is C16H10F2. The molecule has 0 unspecified atom stereocenters. The summed E-state index contributed by atoms with van der Waals surface area (Å²) in [6.45, 7) is 0. The van der Waals surface area contributed by atoms with Crippen LogP contribution in [-0.2, 0) is 0 Å². The zero-order chi connectivity index (χ0) is 12.5. The Morgan fingerprint density at radius 2 is 1.33 bits per heavy atom. The van der Waals surface area contributed by atoms with E-state index in [0.29, 0.717) is 5.39 Å². The third kappa shape index (κ3) is 1.76. The van der Waals surface area contributed by atoms with Crippen LogP contribution in [0.3, 0.4) is 0 Å². The average Bonchev–Trinajstić information content (AvgIpc) is 2.39. The molecule has 0 bridgehead atoms. The molecule has 0 aliphatic carbocycles. The summed E-state index contributed by atoms with van der Waals surface area (Å²) in [6.07, 6.45) is 0. The topological polar surface area (TPSA) is 0 Å². The molecule has 0 aliphatic heterocycles. The standard InChI is InChI=1S/C16H10F2/c17-13-9-7-11(8-10-13)14-5-1-3-12-4-2-6-15(18)16(12)14/h1-10H. The highest BCUT2D eigenvalue weighted by molar-refractivity contribution is 5.97. The quantitative estimate of drug-likeness (QED) is 0.574. The molecule has 0 aromatic heterocycles. The largest absolute Gasteiger partial charge is 0.207 e. The zero-order valence-corrected chi connectivity index (χ0v) is 9.53. The van der Waals surface area contributed by atoms with Gasteiger partial charge in [-0.25, -0.2) is 8.78 Å². The van der Waals surface area contributed by atoms with Crippen LogP contribution in [0, 0.1) is 11.6 Å². The molecule has 3 aromatic rings. The van der Waals surface area contributed by atoms with E-state index in [0.717, 1.165) is 16.5 Å². The lowest BCUT2D eigenvalue weighted by Gasteiger charge is -2.07. The van der Waals surface area contributed by atoms with E-state index in [2.05, 4.69) is 0 Å². The summed E-state index contributed by atoms with van der Waals surface area (Å²) in [5.74, 6) is -0.549. The van der Waals surface area contributed by atoms with E-state index in [4.69, 9.17) is 0 Å². The maximum Gasteiger partial charge on any atom is 0.131 e. The van der Waals surface area contributed by atoms with Gasteiger partial charge >= 0.3 is 0 Å². The molecule has 0 atom stereocenters. The van der Waals surface area contributed by atoms with Gasteiger partial charge in [0.15, 0.2) is 0 Å². The molecule has 3 aromatic carbocycles. The van der Waals surface area contributed by atoms with Gasteiger partial charge in [0.2, 0.25) is 0 Å². The molecule has 0 radical (unpaired) electrons. The number of hydrogen-bond acceptors (Lipinski definition) is 0. The first-order valence-electron chi connectivity index (χ1n) is 5.69. The second-order valence-electron chi connectivity index (χ2n) is 4.15. The smallest absolute Gasteiger partial charge is 0.131 e. The molecular weight excluding hydrogens is 230 g/mol. The van der Waals surface area contributed by atoms with Gasteiger partial charge in [-0.15, -0.1) is 0 Å². The number of rotatable bonds is 1. The van der Waals surface area contributed by atoms with E-state index in [9.17, 15) is 8.78 Å². The fourth-order valence-corrected chi connectivity index (χ4v) is 2.17. The predicted molar refractivity (Wildman–Crippen MR) is 69.3 cm³/mol. The van der Waals surface area contributed by atoms with Crippen LogP contribution in [0.2, 0.25) is 0 Å². The first kappa shape index (κ1) is 10.9. The van der Waals surface area contributed by atoms with Crippen molar-refractivity contribution in [2.24, 2.45) is 0 Å². The van der Waals surface area contributed by atoms with Crippen molar-refractivity contribution in [3.8, 4) is 11.1 Å². The fraction of sp³-hybridized carbons (Fsp3) is 0. The van der Waals surface area contributed by atoms with Gasteiger partial charge in [-0.05, 0) is 34.7 Å². The lowest BCUT2D eigenvalue weighted by Crippen LogP contribution is -1.85. The summed E-state index contributed by atoms with van der Waals surface area (Å²) in [7, 11) is 0. The van der Waals surface area contributed by atoms with Crippen LogP contribution in [0.1, 0.15) is 0 Å². The fourth-order valence-electron chi connectivity index (χ4n) is 2.17. The third-order valence-corrected chi connectivity index (χ3v) is 3.01. The Morgan fingerprint density at radius 1 is 0.667 bits per heavy atom. The second-order valence-corrected chi connectivity index (χ2v) is 4.15. The summed E-state index contributed by atoms with van der Waals surface area (Å²) in [4.78, 5) is 0. The lowest BCUT2D eigenvalue weighted by molar-refractivity contribution is 0.628. The van der Waals surface area contributed by atoms with Gasteiger partial charge in [0.25, 0.3) is 0 Å². The SMILES string of the molecule is Fc1ccc(-c2cccc3cccc(F)c23)cc1. The molecule has 0 spiro atoms. The lowest BCUT2D eigenvalue weighted by atomic mass is 9.98. The Morgan fingerprint density at radius 3 is 2.06 bits per heavy atom. The highest BCUT2D eigenvalue weighted by Crippen LogP contribution is 2.30. The molecule has 3 rings (SSSR count). The molecule has 88 valence electrons. The summed E-state index contributed by atoms with van der Waals surface area (Å²) in [5, 5.41) is 1.42.